The molecule has 4 rings (SSSR count). The van der Waals surface area contributed by atoms with Crippen LogP contribution in [0.15, 0.2) is 94.7 Å². The number of phenols is 1. The summed E-state index contributed by atoms with van der Waals surface area (Å²) in [5.74, 6) is 0.575. The van der Waals surface area contributed by atoms with Crippen LogP contribution in [-0.4, -0.2) is 68.8 Å². The van der Waals surface area contributed by atoms with Crippen LogP contribution >= 0.6 is 0 Å². The van der Waals surface area contributed by atoms with Gasteiger partial charge >= 0.3 is 37.7 Å². The quantitative estimate of drug-likeness (QED) is 0.0291. The van der Waals surface area contributed by atoms with Crippen molar-refractivity contribution in [3.05, 3.63) is 96.1 Å². The van der Waals surface area contributed by atoms with Crippen molar-refractivity contribution in [1.82, 2.24) is 0 Å². The predicted octanol–water partition coefficient (Wildman–Crippen LogP) is 13.2. The minimum absolute atomic E-state index is 0. The molecule has 0 spiro atoms. The molecule has 0 aromatic heterocycles. The minimum atomic E-state index is -4.71. The largest absolute Gasteiger partial charge is 2.00 e. The zero-order chi connectivity index (χ0) is 45.1. The smallest absolute Gasteiger partial charge is 0.872 e. The number of para-hydroxylation sites is 2. The summed E-state index contributed by atoms with van der Waals surface area (Å²) in [5.41, 5.74) is 2.04. The first-order valence-electron chi connectivity index (χ1n) is 22.9. The Morgan fingerprint density at radius 2 is 0.857 bits per heavy atom. The average Bonchev–Trinajstić information content (AvgIpc) is 3.22. The van der Waals surface area contributed by atoms with Gasteiger partial charge < -0.3 is 24.2 Å². The van der Waals surface area contributed by atoms with Crippen molar-refractivity contribution in [1.29, 1.82) is 0 Å². The third kappa shape index (κ3) is 24.3. The maximum Gasteiger partial charge on any atom is 2.00 e. The molecule has 0 fully saturated rings. The van der Waals surface area contributed by atoms with Crippen molar-refractivity contribution < 1.29 is 45.6 Å². The van der Waals surface area contributed by atoms with Gasteiger partial charge in [0.1, 0.15) is 43.8 Å². The summed E-state index contributed by atoms with van der Waals surface area (Å²) in [7, 11) is -9.14. The van der Waals surface area contributed by atoms with Crippen LogP contribution in [0.5, 0.6) is 34.5 Å². The van der Waals surface area contributed by atoms with Crippen molar-refractivity contribution >= 4 is 58.0 Å². The van der Waals surface area contributed by atoms with E-state index in [0.29, 0.717) is 11.5 Å². The van der Waals surface area contributed by atoms with E-state index in [4.69, 9.17) is 9.47 Å². The van der Waals surface area contributed by atoms with Crippen molar-refractivity contribution in [3.8, 4) is 34.5 Å². The van der Waals surface area contributed by atoms with E-state index in [0.717, 1.165) is 61.4 Å². The Morgan fingerprint density at radius 1 is 0.492 bits per heavy atom. The van der Waals surface area contributed by atoms with Gasteiger partial charge in [-0.05, 0) is 61.1 Å². The number of aromatic hydroxyl groups is 1. The molecule has 13 heteroatoms. The number of aryl methyl sites for hydroxylation is 2. The van der Waals surface area contributed by atoms with Crippen LogP contribution in [0.3, 0.4) is 0 Å². The second-order valence-electron chi connectivity index (χ2n) is 16.2. The molecule has 0 aliphatic heterocycles. The first-order valence-corrected chi connectivity index (χ1v) is 25.8. The molecule has 0 atom stereocenters. The minimum Gasteiger partial charge on any atom is -0.872 e. The molecule has 0 heterocycles. The van der Waals surface area contributed by atoms with E-state index in [2.05, 4.69) is 13.8 Å². The number of ether oxygens (including phenoxy) is 2. The van der Waals surface area contributed by atoms with E-state index in [1.54, 1.807) is 6.07 Å². The molecule has 63 heavy (non-hydrogen) atoms. The number of benzene rings is 4. The molecule has 0 aliphatic rings. The molecule has 4 aromatic carbocycles. The summed E-state index contributed by atoms with van der Waals surface area (Å²) < 4.78 is 77.3. The van der Waals surface area contributed by atoms with Gasteiger partial charge in [0.05, 0.1) is 4.90 Å². The molecule has 0 amide bonds. The third-order valence-electron chi connectivity index (χ3n) is 10.8. The fourth-order valence-electron chi connectivity index (χ4n) is 7.35. The van der Waals surface area contributed by atoms with Gasteiger partial charge in [-0.1, -0.05) is 185 Å². The standard InChI is InChI=1S/2C25H36O5S.Ca/c2*1-2-3-4-5-6-7-8-9-10-11-12-15-21-16-13-14-17-25(21)30-23-18-22(26)19-24(20-23)31(27,28)29;/h2*13-14,16-20,26H,2-12,15H2,1H3,(H,27,28,29);/q;;+2/p-2. The van der Waals surface area contributed by atoms with E-state index in [1.165, 1.54) is 140 Å². The second kappa shape index (κ2) is 31.9. The van der Waals surface area contributed by atoms with Gasteiger partial charge in [-0.2, -0.15) is 8.42 Å². The van der Waals surface area contributed by atoms with Crippen LogP contribution < -0.4 is 14.6 Å². The Balaban J connectivity index is 0.000000427. The molecular formula is C50H70CaO10S2. The van der Waals surface area contributed by atoms with Gasteiger partial charge in [-0.25, -0.2) is 8.42 Å². The first kappa shape index (κ1) is 56.3. The summed E-state index contributed by atoms with van der Waals surface area (Å²) in [6.07, 6.45) is 30.0. The number of unbranched alkanes of at least 4 members (excludes halogenated alkanes) is 20. The number of hydrogen-bond donors (Lipinski definition) is 2. The van der Waals surface area contributed by atoms with Crippen LogP contribution in [-0.2, 0) is 33.1 Å². The topological polar surface area (TPSA) is 173 Å². The maximum absolute atomic E-state index is 11.7. The van der Waals surface area contributed by atoms with E-state index in [9.17, 15) is 36.2 Å². The van der Waals surface area contributed by atoms with Crippen molar-refractivity contribution in [3.63, 3.8) is 0 Å². The molecule has 344 valence electrons. The monoisotopic (exact) mass is 934 g/mol. The molecule has 10 nitrogen and oxygen atoms in total. The summed E-state index contributed by atoms with van der Waals surface area (Å²) in [4.78, 5) is -0.969. The van der Waals surface area contributed by atoms with Crippen molar-refractivity contribution in [2.75, 3.05) is 0 Å². The van der Waals surface area contributed by atoms with E-state index in [-0.39, 0.29) is 55.0 Å². The SMILES string of the molecule is CCCCCCCCCCCCCc1ccccc1Oc1cc(O)cc(S(=O)(=O)O)c1.CCCCCCCCCCCCCc1ccccc1Oc1cc([O-])cc(S(=O)(=O)[O-])c1.[Ca+2]. The Morgan fingerprint density at radius 3 is 1.25 bits per heavy atom. The first-order chi connectivity index (χ1) is 29.8. The van der Waals surface area contributed by atoms with Crippen molar-refractivity contribution in [2.24, 2.45) is 0 Å². The molecule has 0 radical (unpaired) electrons. The molecule has 2 N–H and O–H groups in total. The van der Waals surface area contributed by atoms with Crippen molar-refractivity contribution in [2.45, 2.75) is 178 Å². The van der Waals surface area contributed by atoms with Crippen LogP contribution in [0.2, 0.25) is 0 Å². The maximum atomic E-state index is 11.7. The van der Waals surface area contributed by atoms with Gasteiger partial charge in [0.2, 0.25) is 0 Å². The van der Waals surface area contributed by atoms with Gasteiger partial charge in [-0.15, -0.1) is 5.75 Å². The second-order valence-corrected chi connectivity index (χ2v) is 19.0. The van der Waals surface area contributed by atoms with Crippen LogP contribution in [0.25, 0.3) is 0 Å². The summed E-state index contributed by atoms with van der Waals surface area (Å²) in [6.45, 7) is 4.49. The molecule has 0 bridgehead atoms. The fraction of sp³-hybridized carbons (Fsp3) is 0.520. The normalized spacial score (nSPS) is 11.4. The Hall–Kier alpha value is -2.84. The van der Waals surface area contributed by atoms with Crippen LogP contribution in [0.1, 0.15) is 166 Å². The number of rotatable bonds is 30. The summed E-state index contributed by atoms with van der Waals surface area (Å²) >= 11 is 0. The number of hydrogen-bond acceptors (Lipinski definition) is 9. The zero-order valence-corrected chi connectivity index (χ0v) is 41.6. The Kier molecular flexibility index (Phi) is 28.5. The zero-order valence-electron chi connectivity index (χ0n) is 37.7. The average molecular weight is 935 g/mol. The van der Waals surface area contributed by atoms with E-state index in [1.807, 2.05) is 42.5 Å². The van der Waals surface area contributed by atoms with E-state index >= 15 is 0 Å². The third-order valence-corrected chi connectivity index (χ3v) is 12.4. The van der Waals surface area contributed by atoms with Gasteiger partial charge in [0.15, 0.2) is 0 Å². The number of phenolic OH excluding ortho intramolecular Hbond substituents is 1. The molecule has 0 aliphatic carbocycles. The Bertz CT molecular complexity index is 1940. The Labute approximate surface area is 408 Å². The summed E-state index contributed by atoms with van der Waals surface area (Å²) in [5, 5.41) is 21.5. The fourth-order valence-corrected chi connectivity index (χ4v) is 8.40. The predicted molar refractivity (Wildman–Crippen MR) is 251 cm³/mol. The van der Waals surface area contributed by atoms with Gasteiger partial charge in [-0.3, -0.25) is 4.55 Å². The van der Waals surface area contributed by atoms with Gasteiger partial charge in [0, 0.05) is 18.2 Å². The van der Waals surface area contributed by atoms with Crippen LogP contribution in [0, 0.1) is 0 Å². The molecule has 0 unspecified atom stereocenters. The summed E-state index contributed by atoms with van der Waals surface area (Å²) in [6, 6.07) is 21.8. The van der Waals surface area contributed by atoms with Crippen LogP contribution in [0.4, 0.5) is 0 Å². The van der Waals surface area contributed by atoms with Gasteiger partial charge in [0.25, 0.3) is 10.1 Å². The van der Waals surface area contributed by atoms with E-state index < -0.39 is 35.8 Å². The molecular weight excluding hydrogens is 865 g/mol. The molecule has 0 saturated heterocycles. The molecule has 0 saturated carbocycles. The molecule has 4 aromatic rings.